The molecule has 0 radical (unpaired) electrons. The average Bonchev–Trinajstić information content (AvgIpc) is 2.30. The van der Waals surface area contributed by atoms with E-state index in [9.17, 15) is 9.59 Å². The third kappa shape index (κ3) is 2.98. The fourth-order valence-electron chi connectivity index (χ4n) is 1.54. The van der Waals surface area contributed by atoms with Crippen molar-refractivity contribution in [2.45, 2.75) is 26.3 Å². The number of rotatable bonds is 3. The summed E-state index contributed by atoms with van der Waals surface area (Å²) in [6.07, 6.45) is 3.73. The average molecular weight is 227 g/mol. The van der Waals surface area contributed by atoms with E-state index in [4.69, 9.17) is 9.47 Å². The van der Waals surface area contributed by atoms with Crippen LogP contribution in [0.4, 0.5) is 4.79 Å². The number of nitrogens with zero attached hydrogens (tertiary/aromatic N) is 1. The summed E-state index contributed by atoms with van der Waals surface area (Å²) in [5.74, 6) is -0.375. The Balaban J connectivity index is 2.68. The zero-order valence-electron chi connectivity index (χ0n) is 9.64. The Morgan fingerprint density at radius 1 is 1.25 bits per heavy atom. The lowest BCUT2D eigenvalue weighted by Gasteiger charge is -2.30. The van der Waals surface area contributed by atoms with Crippen LogP contribution in [0.1, 0.15) is 20.3 Å². The Bertz CT molecular complexity index is 260. The molecule has 1 atom stereocenters. The van der Waals surface area contributed by atoms with Crippen molar-refractivity contribution < 1.29 is 19.1 Å². The Morgan fingerprint density at radius 3 is 2.56 bits per heavy atom. The van der Waals surface area contributed by atoms with Gasteiger partial charge in [0.05, 0.1) is 13.2 Å². The Labute approximate surface area is 95.0 Å². The Hall–Kier alpha value is -1.52. The highest BCUT2D eigenvalue weighted by molar-refractivity contribution is 5.82. The molecule has 1 aliphatic rings. The second kappa shape index (κ2) is 6.15. The van der Waals surface area contributed by atoms with Gasteiger partial charge in [0.2, 0.25) is 0 Å². The molecule has 5 heteroatoms. The number of hydrogen-bond donors (Lipinski definition) is 0. The Morgan fingerprint density at radius 2 is 1.94 bits per heavy atom. The fraction of sp³-hybridized carbons (Fsp3) is 0.636. The van der Waals surface area contributed by atoms with E-state index >= 15 is 0 Å². The van der Waals surface area contributed by atoms with Crippen molar-refractivity contribution in [3.8, 4) is 0 Å². The predicted molar refractivity (Wildman–Crippen MR) is 57.9 cm³/mol. The number of carbonyl (C=O) groups is 2. The van der Waals surface area contributed by atoms with Crippen LogP contribution in [-0.4, -0.2) is 42.8 Å². The molecular formula is C11H17NO4. The minimum absolute atomic E-state index is 0.300. The summed E-state index contributed by atoms with van der Waals surface area (Å²) in [6.45, 7) is 4.48. The monoisotopic (exact) mass is 227 g/mol. The smallest absolute Gasteiger partial charge is 0.410 e. The van der Waals surface area contributed by atoms with Gasteiger partial charge in [-0.2, -0.15) is 0 Å². The lowest BCUT2D eigenvalue weighted by atomic mass is 10.1. The van der Waals surface area contributed by atoms with Crippen LogP contribution in [0.2, 0.25) is 0 Å². The minimum Gasteiger partial charge on any atom is -0.464 e. The molecule has 0 aromatic rings. The zero-order valence-corrected chi connectivity index (χ0v) is 9.64. The first-order valence-corrected chi connectivity index (χ1v) is 5.45. The number of hydrogen-bond acceptors (Lipinski definition) is 4. The molecule has 0 bridgehead atoms. The normalized spacial score (nSPS) is 19.4. The molecule has 0 saturated heterocycles. The van der Waals surface area contributed by atoms with E-state index in [2.05, 4.69) is 0 Å². The quantitative estimate of drug-likeness (QED) is 0.539. The molecule has 1 amide bonds. The van der Waals surface area contributed by atoms with Gasteiger partial charge in [0.1, 0.15) is 6.04 Å². The molecule has 16 heavy (non-hydrogen) atoms. The Kier molecular flexibility index (Phi) is 4.82. The first-order chi connectivity index (χ1) is 7.70. The summed E-state index contributed by atoms with van der Waals surface area (Å²) < 4.78 is 9.80. The topological polar surface area (TPSA) is 55.8 Å². The van der Waals surface area contributed by atoms with Gasteiger partial charge in [-0.05, 0) is 20.3 Å². The van der Waals surface area contributed by atoms with Crippen LogP contribution < -0.4 is 0 Å². The van der Waals surface area contributed by atoms with E-state index in [1.165, 1.54) is 4.90 Å². The van der Waals surface area contributed by atoms with Crippen molar-refractivity contribution in [3.05, 3.63) is 12.2 Å². The van der Waals surface area contributed by atoms with Crippen molar-refractivity contribution in [1.29, 1.82) is 0 Å². The number of esters is 1. The molecule has 0 N–H and O–H groups in total. The summed E-state index contributed by atoms with van der Waals surface area (Å²) >= 11 is 0. The zero-order chi connectivity index (χ0) is 12.0. The van der Waals surface area contributed by atoms with Crippen molar-refractivity contribution in [3.63, 3.8) is 0 Å². The number of amides is 1. The summed E-state index contributed by atoms with van der Waals surface area (Å²) in [6, 6.07) is -0.552. The van der Waals surface area contributed by atoms with E-state index in [-0.39, 0.29) is 5.97 Å². The standard InChI is InChI=1S/C11H17NO4/c1-3-15-10(13)9-7-5-6-8-12(9)11(14)16-4-2/h5-6,9H,3-4,7-8H2,1-2H3. The molecule has 1 rings (SSSR count). The molecule has 0 spiro atoms. The van der Waals surface area contributed by atoms with Gasteiger partial charge < -0.3 is 9.47 Å². The molecular weight excluding hydrogens is 210 g/mol. The van der Waals surface area contributed by atoms with Gasteiger partial charge in [-0.25, -0.2) is 9.59 Å². The molecule has 90 valence electrons. The molecule has 0 fully saturated rings. The van der Waals surface area contributed by atoms with Crippen molar-refractivity contribution >= 4 is 12.1 Å². The van der Waals surface area contributed by atoms with Crippen LogP contribution >= 0.6 is 0 Å². The van der Waals surface area contributed by atoms with Crippen LogP contribution in [0.5, 0.6) is 0 Å². The van der Waals surface area contributed by atoms with E-state index in [1.807, 2.05) is 12.2 Å². The molecule has 1 heterocycles. The van der Waals surface area contributed by atoms with Gasteiger partial charge in [-0.1, -0.05) is 12.2 Å². The van der Waals surface area contributed by atoms with Crippen molar-refractivity contribution in [2.75, 3.05) is 19.8 Å². The maximum Gasteiger partial charge on any atom is 0.410 e. The van der Waals surface area contributed by atoms with Gasteiger partial charge in [0.25, 0.3) is 0 Å². The summed E-state index contributed by atoms with van der Waals surface area (Å²) in [7, 11) is 0. The third-order valence-electron chi connectivity index (χ3n) is 2.27. The van der Waals surface area contributed by atoms with Crippen molar-refractivity contribution in [2.24, 2.45) is 0 Å². The van der Waals surface area contributed by atoms with E-state index < -0.39 is 12.1 Å². The molecule has 0 saturated carbocycles. The second-order valence-corrected chi connectivity index (χ2v) is 3.33. The van der Waals surface area contributed by atoms with Crippen LogP contribution in [0.3, 0.4) is 0 Å². The first-order valence-electron chi connectivity index (χ1n) is 5.45. The predicted octanol–water partition coefficient (Wildman–Crippen LogP) is 1.34. The van der Waals surface area contributed by atoms with E-state index in [0.29, 0.717) is 26.2 Å². The largest absolute Gasteiger partial charge is 0.464 e. The van der Waals surface area contributed by atoms with Crippen LogP contribution in [0, 0.1) is 0 Å². The molecule has 1 unspecified atom stereocenters. The maximum absolute atomic E-state index is 11.6. The van der Waals surface area contributed by atoms with Gasteiger partial charge >= 0.3 is 12.1 Å². The van der Waals surface area contributed by atoms with Gasteiger partial charge in [-0.3, -0.25) is 4.90 Å². The molecule has 0 aliphatic carbocycles. The number of carbonyl (C=O) groups excluding carboxylic acids is 2. The van der Waals surface area contributed by atoms with Crippen LogP contribution in [-0.2, 0) is 14.3 Å². The van der Waals surface area contributed by atoms with Crippen LogP contribution in [0.15, 0.2) is 12.2 Å². The minimum atomic E-state index is -0.552. The SMILES string of the molecule is CCOC(=O)C1CC=CCN1C(=O)OCC. The lowest BCUT2D eigenvalue weighted by molar-refractivity contribution is -0.148. The summed E-state index contributed by atoms with van der Waals surface area (Å²) in [4.78, 5) is 24.6. The molecule has 0 aromatic heterocycles. The maximum atomic E-state index is 11.6. The van der Waals surface area contributed by atoms with E-state index in [1.54, 1.807) is 13.8 Å². The molecule has 0 aromatic carbocycles. The van der Waals surface area contributed by atoms with E-state index in [0.717, 1.165) is 0 Å². The highest BCUT2D eigenvalue weighted by Crippen LogP contribution is 2.14. The first kappa shape index (κ1) is 12.5. The summed E-state index contributed by atoms with van der Waals surface area (Å²) in [5.41, 5.74) is 0. The summed E-state index contributed by atoms with van der Waals surface area (Å²) in [5, 5.41) is 0. The molecule has 1 aliphatic heterocycles. The van der Waals surface area contributed by atoms with Gasteiger partial charge in [0.15, 0.2) is 0 Å². The second-order valence-electron chi connectivity index (χ2n) is 3.33. The fourth-order valence-corrected chi connectivity index (χ4v) is 1.54. The van der Waals surface area contributed by atoms with Gasteiger partial charge in [-0.15, -0.1) is 0 Å². The number of ether oxygens (including phenoxy) is 2. The lowest BCUT2D eigenvalue weighted by Crippen LogP contribution is -2.47. The van der Waals surface area contributed by atoms with Crippen molar-refractivity contribution in [1.82, 2.24) is 4.90 Å². The highest BCUT2D eigenvalue weighted by Gasteiger charge is 2.32. The highest BCUT2D eigenvalue weighted by atomic mass is 16.6. The third-order valence-corrected chi connectivity index (χ3v) is 2.27. The molecule has 5 nitrogen and oxygen atoms in total. The van der Waals surface area contributed by atoms with Crippen LogP contribution in [0.25, 0.3) is 0 Å². The van der Waals surface area contributed by atoms with Gasteiger partial charge in [0, 0.05) is 6.54 Å².